The molecule has 2 atom stereocenters. The maximum absolute atomic E-state index is 13.5. The summed E-state index contributed by atoms with van der Waals surface area (Å²) in [5.41, 5.74) is 7.94. The molecule has 0 radical (unpaired) electrons. The van der Waals surface area contributed by atoms with Gasteiger partial charge in [0.25, 0.3) is 5.91 Å². The number of methoxy groups -OCH3 is 2. The number of benzene rings is 2. The lowest BCUT2D eigenvalue weighted by molar-refractivity contribution is -0.128. The Morgan fingerprint density at radius 1 is 1.21 bits per heavy atom. The molecule has 0 spiro atoms. The first-order valence-electron chi connectivity index (χ1n) is 13.1. The molecule has 9 heteroatoms. The zero-order valence-electron chi connectivity index (χ0n) is 22.5. The third kappa shape index (κ3) is 6.35. The number of nitrogens with one attached hydrogen (secondary N) is 2. The van der Waals surface area contributed by atoms with E-state index in [9.17, 15) is 4.79 Å². The van der Waals surface area contributed by atoms with Crippen LogP contribution in [0.25, 0.3) is 10.8 Å². The average Bonchev–Trinajstić information content (AvgIpc) is 2.95. The molecule has 0 saturated carbocycles. The van der Waals surface area contributed by atoms with Crippen molar-refractivity contribution in [3.8, 4) is 5.75 Å². The minimum Gasteiger partial charge on any atom is -0.496 e. The largest absolute Gasteiger partial charge is 0.496 e. The van der Waals surface area contributed by atoms with Crippen molar-refractivity contribution in [3.05, 3.63) is 59.9 Å². The van der Waals surface area contributed by atoms with Gasteiger partial charge in [-0.25, -0.2) is 4.99 Å². The summed E-state index contributed by atoms with van der Waals surface area (Å²) in [6.45, 7) is 8.63. The van der Waals surface area contributed by atoms with E-state index in [2.05, 4.69) is 22.2 Å². The summed E-state index contributed by atoms with van der Waals surface area (Å²) < 4.78 is 16.7. The van der Waals surface area contributed by atoms with Gasteiger partial charge in [-0.1, -0.05) is 30.8 Å². The first kappa shape index (κ1) is 27.6. The fourth-order valence-corrected chi connectivity index (χ4v) is 5.15. The monoisotopic (exact) mass is 521 g/mol. The first-order valence-corrected chi connectivity index (χ1v) is 13.1. The lowest BCUT2D eigenvalue weighted by Crippen LogP contribution is -2.54. The number of nitrogens with two attached hydrogens (primary N) is 1. The lowest BCUT2D eigenvalue weighted by atomic mass is 9.99. The number of aliphatic imine (C=N–C) groups is 1. The minimum absolute atomic E-state index is 0.0561. The second-order valence-electron chi connectivity index (χ2n) is 9.73. The van der Waals surface area contributed by atoms with Crippen LogP contribution in [0.2, 0.25) is 0 Å². The number of amides is 1. The fraction of sp³-hybridized carbons (Fsp3) is 0.448. The van der Waals surface area contributed by atoms with Gasteiger partial charge in [0.15, 0.2) is 0 Å². The number of ether oxygens (including phenoxy) is 3. The molecule has 2 fully saturated rings. The third-order valence-electron chi connectivity index (χ3n) is 7.39. The van der Waals surface area contributed by atoms with Crippen LogP contribution >= 0.6 is 0 Å². The van der Waals surface area contributed by atoms with Crippen molar-refractivity contribution in [3.63, 3.8) is 0 Å². The van der Waals surface area contributed by atoms with Crippen molar-refractivity contribution in [1.29, 1.82) is 0 Å². The van der Waals surface area contributed by atoms with Crippen LogP contribution in [0, 0.1) is 0 Å². The second-order valence-corrected chi connectivity index (χ2v) is 9.73. The van der Waals surface area contributed by atoms with Crippen LogP contribution in [0.3, 0.4) is 0 Å². The van der Waals surface area contributed by atoms with Crippen LogP contribution in [-0.4, -0.2) is 75.9 Å². The number of carbonyl (C=O) groups excluding carboxylic acids is 1. The van der Waals surface area contributed by atoms with E-state index in [1.54, 1.807) is 14.2 Å². The molecule has 2 aliphatic rings. The van der Waals surface area contributed by atoms with Gasteiger partial charge in [0.2, 0.25) is 0 Å². The van der Waals surface area contributed by atoms with Gasteiger partial charge in [-0.2, -0.15) is 0 Å². The molecule has 2 heterocycles. The predicted octanol–water partition coefficient (Wildman–Crippen LogP) is 3.42. The van der Waals surface area contributed by atoms with E-state index >= 15 is 0 Å². The number of anilines is 1. The zero-order valence-corrected chi connectivity index (χ0v) is 22.5. The Bertz CT molecular complexity index is 1200. The summed E-state index contributed by atoms with van der Waals surface area (Å²) in [6.07, 6.45) is 3.85. The number of hydrogen-bond donors (Lipinski definition) is 3. The molecule has 1 amide bonds. The van der Waals surface area contributed by atoms with Crippen molar-refractivity contribution in [2.45, 2.75) is 44.4 Å². The zero-order chi connectivity index (χ0) is 27.1. The molecule has 9 nitrogen and oxygen atoms in total. The topological polar surface area (TPSA) is 110 Å². The van der Waals surface area contributed by atoms with Crippen LogP contribution in [0.4, 0.5) is 5.69 Å². The molecule has 0 aromatic heterocycles. The number of rotatable bonds is 9. The van der Waals surface area contributed by atoms with Crippen LogP contribution in [-0.2, 0) is 14.3 Å². The molecule has 38 heavy (non-hydrogen) atoms. The van der Waals surface area contributed by atoms with Crippen LogP contribution in [0.5, 0.6) is 5.75 Å². The number of nitrogens with zero attached hydrogens (tertiary/aromatic N) is 2. The van der Waals surface area contributed by atoms with Crippen molar-refractivity contribution in [1.82, 2.24) is 10.2 Å². The van der Waals surface area contributed by atoms with E-state index in [-0.39, 0.29) is 23.8 Å². The van der Waals surface area contributed by atoms with Gasteiger partial charge in [-0.05, 0) is 37.6 Å². The van der Waals surface area contributed by atoms with Crippen LogP contribution < -0.4 is 21.1 Å². The molecule has 4 rings (SSSR count). The van der Waals surface area contributed by atoms with E-state index < -0.39 is 0 Å². The van der Waals surface area contributed by atoms with Gasteiger partial charge in [0.1, 0.15) is 11.4 Å². The summed E-state index contributed by atoms with van der Waals surface area (Å²) in [4.78, 5) is 19.6. The van der Waals surface area contributed by atoms with E-state index in [1.165, 1.54) is 0 Å². The standard InChI is InChI=1S/C29H39N5O4/c1-19(20(2)32-23-15-21-7-5-6-8-24(21)26(16-23)36-3)28(31-18-30)29(35)34-12-9-22(10-13-34)33-25-11-14-38-17-27(25)37-4/h5-8,15-16,18,22,25,27,32-33H,2,9-14,17H2,1,3-4H3,(H2,30,31)/b28-19-/t25-,27+/m0/s1. The van der Waals surface area contributed by atoms with Gasteiger partial charge in [0, 0.05) is 67.3 Å². The first-order chi connectivity index (χ1) is 18.4. The maximum Gasteiger partial charge on any atom is 0.272 e. The summed E-state index contributed by atoms with van der Waals surface area (Å²) >= 11 is 0. The van der Waals surface area contributed by atoms with Crippen molar-refractivity contribution in [2.24, 2.45) is 10.7 Å². The smallest absolute Gasteiger partial charge is 0.272 e. The van der Waals surface area contributed by atoms with Crippen LogP contribution in [0.15, 0.2) is 64.9 Å². The lowest BCUT2D eigenvalue weighted by Gasteiger charge is -2.38. The predicted molar refractivity (Wildman–Crippen MR) is 151 cm³/mol. The van der Waals surface area contributed by atoms with E-state index in [1.807, 2.05) is 48.2 Å². The molecule has 0 unspecified atom stereocenters. The van der Waals surface area contributed by atoms with Gasteiger partial charge in [0.05, 0.1) is 26.2 Å². The Morgan fingerprint density at radius 3 is 2.68 bits per heavy atom. The van der Waals surface area contributed by atoms with Crippen LogP contribution in [0.1, 0.15) is 26.2 Å². The molecular formula is C29H39N5O4. The highest BCUT2D eigenvalue weighted by Crippen LogP contribution is 2.31. The number of piperidine rings is 1. The number of hydrogen-bond acceptors (Lipinski definition) is 7. The minimum atomic E-state index is -0.150. The summed E-state index contributed by atoms with van der Waals surface area (Å²) in [5.74, 6) is 0.605. The molecular weight excluding hydrogens is 482 g/mol. The average molecular weight is 522 g/mol. The Hall–Kier alpha value is -3.40. The highest BCUT2D eigenvalue weighted by atomic mass is 16.5. The third-order valence-corrected chi connectivity index (χ3v) is 7.39. The summed E-state index contributed by atoms with van der Waals surface area (Å²) in [6, 6.07) is 12.5. The molecule has 4 N–H and O–H groups in total. The molecule has 2 aliphatic heterocycles. The van der Waals surface area contributed by atoms with Crippen molar-refractivity contribution >= 4 is 28.7 Å². The van der Waals surface area contributed by atoms with Gasteiger partial charge in [-0.15, -0.1) is 0 Å². The molecule has 2 saturated heterocycles. The van der Waals surface area contributed by atoms with Crippen molar-refractivity contribution < 1.29 is 19.0 Å². The van der Waals surface area contributed by atoms with E-state index in [0.717, 1.165) is 54.4 Å². The molecule has 2 aromatic carbocycles. The summed E-state index contributed by atoms with van der Waals surface area (Å²) in [7, 11) is 3.37. The molecule has 0 bridgehead atoms. The maximum atomic E-state index is 13.5. The fourth-order valence-electron chi connectivity index (χ4n) is 5.15. The SMILES string of the molecule is C=C(Nc1cc(OC)c2ccccc2c1)/C(C)=C(\N=C/N)C(=O)N1CCC(N[C@H]2CCOC[C@H]2OC)CC1. The second kappa shape index (κ2) is 12.9. The Morgan fingerprint density at radius 2 is 1.97 bits per heavy atom. The van der Waals surface area contributed by atoms with Gasteiger partial charge in [-0.3, -0.25) is 4.79 Å². The van der Waals surface area contributed by atoms with Gasteiger partial charge < -0.3 is 35.5 Å². The highest BCUT2D eigenvalue weighted by Gasteiger charge is 2.31. The number of carbonyl (C=O) groups is 1. The molecule has 2 aromatic rings. The highest BCUT2D eigenvalue weighted by molar-refractivity contribution is 5.96. The molecule has 204 valence electrons. The Balaban J connectivity index is 1.43. The number of likely N-dealkylation sites (tertiary alicyclic amines) is 1. The van der Waals surface area contributed by atoms with Gasteiger partial charge >= 0.3 is 0 Å². The number of fused-ring (bicyclic) bond motifs is 1. The Labute approximate surface area is 224 Å². The molecule has 0 aliphatic carbocycles. The Kier molecular flexibility index (Phi) is 9.38. The summed E-state index contributed by atoms with van der Waals surface area (Å²) in [5, 5.41) is 9.10. The normalized spacial score (nSPS) is 21.4. The van der Waals surface area contributed by atoms with E-state index in [4.69, 9.17) is 19.9 Å². The quantitative estimate of drug-likeness (QED) is 0.201. The van der Waals surface area contributed by atoms with Crippen molar-refractivity contribution in [2.75, 3.05) is 45.8 Å². The number of allylic oxidation sites excluding steroid dienone is 1. The van der Waals surface area contributed by atoms with E-state index in [0.29, 0.717) is 37.0 Å².